The van der Waals surface area contributed by atoms with Crippen LogP contribution in [0.15, 0.2) is 11.6 Å². The van der Waals surface area contributed by atoms with Crippen LogP contribution >= 0.6 is 0 Å². The van der Waals surface area contributed by atoms with Gasteiger partial charge in [0.25, 0.3) is 0 Å². The Kier molecular flexibility index (Phi) is 17.5. The monoisotopic (exact) mass is 633 g/mol. The van der Waals surface area contributed by atoms with Gasteiger partial charge in [0.15, 0.2) is 0 Å². The van der Waals surface area contributed by atoms with Crippen LogP contribution < -0.4 is 0 Å². The Labute approximate surface area is 242 Å². The molecular formula is C27H47N2O8Pd-. The zero-order chi connectivity index (χ0) is 27.5. The van der Waals surface area contributed by atoms with Crippen molar-refractivity contribution in [2.24, 2.45) is 5.92 Å². The fourth-order valence-corrected chi connectivity index (χ4v) is 3.64. The summed E-state index contributed by atoms with van der Waals surface area (Å²) in [6, 6.07) is 0. The van der Waals surface area contributed by atoms with Crippen molar-refractivity contribution >= 4 is 24.1 Å². The largest absolute Gasteiger partial charge is 0.469 e. The van der Waals surface area contributed by atoms with Crippen molar-refractivity contribution < 1.29 is 58.5 Å². The molecule has 11 heteroatoms. The molecule has 2 amide bonds. The number of carbonyl (C=O) groups is 4. The van der Waals surface area contributed by atoms with Gasteiger partial charge in [-0.05, 0) is 73.1 Å². The molecule has 10 nitrogen and oxygen atoms in total. The van der Waals surface area contributed by atoms with Crippen molar-refractivity contribution in [3.8, 4) is 0 Å². The fraction of sp³-hybridized carbons (Fsp3) is 0.741. The van der Waals surface area contributed by atoms with Gasteiger partial charge in [-0.3, -0.25) is 4.79 Å². The van der Waals surface area contributed by atoms with Crippen LogP contribution in [0, 0.1) is 13.3 Å². The van der Waals surface area contributed by atoms with Gasteiger partial charge in [0.05, 0.1) is 14.2 Å². The van der Waals surface area contributed by atoms with Crippen LogP contribution in [0.3, 0.4) is 0 Å². The Morgan fingerprint density at radius 3 is 1.58 bits per heavy atom. The Morgan fingerprint density at radius 1 is 0.789 bits per heavy atom. The smallest absolute Gasteiger partial charge is 0.410 e. The van der Waals surface area contributed by atoms with E-state index in [0.717, 1.165) is 18.4 Å². The third-order valence-corrected chi connectivity index (χ3v) is 5.53. The van der Waals surface area contributed by atoms with Crippen molar-refractivity contribution in [3.05, 3.63) is 19.1 Å². The molecule has 0 unspecified atom stereocenters. The molecule has 0 spiro atoms. The first-order chi connectivity index (χ1) is 16.6. The number of methoxy groups -OCH3 is 2. The van der Waals surface area contributed by atoms with E-state index in [1.165, 1.54) is 20.3 Å². The normalized spacial score (nSPS) is 15.9. The molecule has 0 aromatic rings. The Morgan fingerprint density at radius 2 is 1.21 bits per heavy atom. The van der Waals surface area contributed by atoms with E-state index in [1.54, 1.807) is 9.80 Å². The maximum atomic E-state index is 11.8. The van der Waals surface area contributed by atoms with E-state index < -0.39 is 11.2 Å². The number of hydrogen-bond acceptors (Lipinski definition) is 8. The van der Waals surface area contributed by atoms with Crippen molar-refractivity contribution in [1.29, 1.82) is 0 Å². The molecule has 0 aliphatic carbocycles. The number of ether oxygens (including phenoxy) is 4. The van der Waals surface area contributed by atoms with Crippen molar-refractivity contribution in [3.63, 3.8) is 0 Å². The van der Waals surface area contributed by atoms with E-state index in [2.05, 4.69) is 9.47 Å². The molecule has 38 heavy (non-hydrogen) atoms. The minimum absolute atomic E-state index is 0. The van der Waals surface area contributed by atoms with Gasteiger partial charge in [0.1, 0.15) is 11.2 Å². The molecule has 224 valence electrons. The summed E-state index contributed by atoms with van der Waals surface area (Å²) in [6.45, 7) is 13.6. The molecular weight excluding hydrogens is 587 g/mol. The van der Waals surface area contributed by atoms with E-state index in [1.807, 2.05) is 41.5 Å². The topological polar surface area (TPSA) is 112 Å². The second-order valence-corrected chi connectivity index (χ2v) is 11.0. The average Bonchev–Trinajstić information content (AvgIpc) is 2.78. The van der Waals surface area contributed by atoms with Crippen LogP contribution in [0.5, 0.6) is 0 Å². The summed E-state index contributed by atoms with van der Waals surface area (Å²) in [5.74, 6) is -0.197. The maximum absolute atomic E-state index is 11.8. The van der Waals surface area contributed by atoms with E-state index in [4.69, 9.17) is 9.47 Å². The van der Waals surface area contributed by atoms with Crippen molar-refractivity contribution in [2.75, 3.05) is 40.4 Å². The van der Waals surface area contributed by atoms with Gasteiger partial charge in [0.2, 0.25) is 0 Å². The predicted molar refractivity (Wildman–Crippen MR) is 141 cm³/mol. The van der Waals surface area contributed by atoms with E-state index in [-0.39, 0.29) is 52.0 Å². The number of hydrogen-bond donors (Lipinski definition) is 0. The number of carbonyl (C=O) groups excluding carboxylic acids is 4. The summed E-state index contributed by atoms with van der Waals surface area (Å²) in [6.07, 6.45) is 4.43. The van der Waals surface area contributed by atoms with Crippen LogP contribution in [0.2, 0.25) is 0 Å². The molecule has 0 bridgehead atoms. The minimum Gasteiger partial charge on any atom is -0.469 e. The molecule has 2 saturated heterocycles. The van der Waals surface area contributed by atoms with Gasteiger partial charge in [-0.2, -0.15) is 0 Å². The summed E-state index contributed by atoms with van der Waals surface area (Å²) in [5.41, 5.74) is 0.0840. The Balaban J connectivity index is 0. The maximum Gasteiger partial charge on any atom is 0.410 e. The first-order valence-corrected chi connectivity index (χ1v) is 12.4. The van der Waals surface area contributed by atoms with Gasteiger partial charge < -0.3 is 36.2 Å². The average molecular weight is 634 g/mol. The summed E-state index contributed by atoms with van der Waals surface area (Å²) >= 11 is 0. The number of nitrogens with zero attached hydrogens (tertiary/aromatic N) is 2. The number of piperidine rings is 2. The SMILES string of the molecule is COC(=O)C=C1CCN(C(=O)OC(C)(C)C)CC1.COC(=O)CC1CCN(C(=O)OC(C)(C)C)CC1.[CH3-].[Pd]. The number of amides is 2. The first-order valence-electron chi connectivity index (χ1n) is 12.4. The zero-order valence-corrected chi connectivity index (χ0v) is 26.0. The Hall–Kier alpha value is -2.12. The van der Waals surface area contributed by atoms with Crippen LogP contribution in [0.4, 0.5) is 9.59 Å². The molecule has 2 rings (SSSR count). The van der Waals surface area contributed by atoms with Gasteiger partial charge in [-0.25, -0.2) is 14.4 Å². The quantitative estimate of drug-likeness (QED) is 0.144. The van der Waals surface area contributed by atoms with E-state index >= 15 is 0 Å². The van der Waals surface area contributed by atoms with Gasteiger partial charge in [0, 0.05) is 59.1 Å². The van der Waals surface area contributed by atoms with E-state index in [0.29, 0.717) is 51.4 Å². The van der Waals surface area contributed by atoms with Gasteiger partial charge in [-0.1, -0.05) is 5.57 Å². The van der Waals surface area contributed by atoms with Crippen molar-refractivity contribution in [1.82, 2.24) is 9.80 Å². The van der Waals surface area contributed by atoms with Crippen LogP contribution in [0.25, 0.3) is 0 Å². The van der Waals surface area contributed by atoms with Crippen LogP contribution in [-0.2, 0) is 49.0 Å². The first kappa shape index (κ1) is 38.0. The molecule has 2 aliphatic heterocycles. The minimum atomic E-state index is -0.473. The molecule has 2 heterocycles. The van der Waals surface area contributed by atoms with Crippen molar-refractivity contribution in [2.45, 2.75) is 84.8 Å². The zero-order valence-electron chi connectivity index (χ0n) is 24.5. The predicted octanol–water partition coefficient (Wildman–Crippen LogP) is 4.76. The second kappa shape index (κ2) is 17.5. The second-order valence-electron chi connectivity index (χ2n) is 11.0. The number of esters is 2. The summed E-state index contributed by atoms with van der Waals surface area (Å²) in [4.78, 5) is 49.2. The molecule has 2 aliphatic rings. The fourth-order valence-electron chi connectivity index (χ4n) is 3.64. The molecule has 0 saturated carbocycles. The molecule has 0 N–H and O–H groups in total. The van der Waals surface area contributed by atoms with Gasteiger partial charge >= 0.3 is 24.1 Å². The third kappa shape index (κ3) is 16.0. The van der Waals surface area contributed by atoms with Crippen LogP contribution in [0.1, 0.15) is 73.6 Å². The summed E-state index contributed by atoms with van der Waals surface area (Å²) in [7, 11) is 2.76. The molecule has 0 aromatic heterocycles. The number of rotatable bonds is 3. The number of likely N-dealkylation sites (tertiary alicyclic amines) is 2. The molecule has 0 atom stereocenters. The molecule has 0 aromatic carbocycles. The Bertz CT molecular complexity index is 784. The van der Waals surface area contributed by atoms with E-state index in [9.17, 15) is 19.2 Å². The van der Waals surface area contributed by atoms with Crippen LogP contribution in [-0.4, -0.2) is 85.5 Å². The van der Waals surface area contributed by atoms with Gasteiger partial charge in [-0.15, -0.1) is 0 Å². The standard InChI is InChI=1S/C13H23NO4.C13H21NO4.CH3.Pd/c2*1-13(2,3)18-12(16)14-7-5-10(6-8-14)9-11(15)17-4;;/h10H,5-9H2,1-4H3;9H,5-8H2,1-4H3;1H3;/q;;-1;. The molecule has 2 fully saturated rings. The summed E-state index contributed by atoms with van der Waals surface area (Å²) in [5, 5.41) is 0. The summed E-state index contributed by atoms with van der Waals surface area (Å²) < 4.78 is 19.8. The molecule has 0 radical (unpaired) electrons. The third-order valence-electron chi connectivity index (χ3n) is 5.53.